The molecule has 222 valence electrons. The van der Waals surface area contributed by atoms with Gasteiger partial charge in [-0.3, -0.25) is 19.4 Å². The summed E-state index contributed by atoms with van der Waals surface area (Å²) in [5.74, 6) is -1.37. The first kappa shape index (κ1) is 29.0. The third kappa shape index (κ3) is 7.64. The summed E-state index contributed by atoms with van der Waals surface area (Å²) in [6, 6.07) is 3.12. The molecule has 2 bridgehead atoms. The molecule has 14 heteroatoms. The third-order valence-electron chi connectivity index (χ3n) is 7.89. The molecule has 3 fully saturated rings. The van der Waals surface area contributed by atoms with Gasteiger partial charge < -0.3 is 35.8 Å². The molecule has 2 saturated heterocycles. The fourth-order valence-electron chi connectivity index (χ4n) is 5.63. The average Bonchev–Trinajstić information content (AvgIpc) is 3.70. The highest BCUT2D eigenvalue weighted by atomic mass is 16.5. The molecular weight excluding hydrogens is 532 g/mol. The SMILES string of the molecule is O=C1CN(CCNC2CCCC2)C(=O)C[C@@H]2O[C@H](CNC(=O)[C@@H](Cc3cn(Cc4cccnc4)nn3)N1)C(O)C2O. The summed E-state index contributed by atoms with van der Waals surface area (Å²) in [6.45, 7) is 0.856. The van der Waals surface area contributed by atoms with Crippen LogP contribution in [0.3, 0.4) is 0 Å². The van der Waals surface area contributed by atoms with E-state index in [1.54, 1.807) is 23.3 Å². The van der Waals surface area contributed by atoms with Gasteiger partial charge in [0.25, 0.3) is 0 Å². The molecule has 2 aliphatic heterocycles. The summed E-state index contributed by atoms with van der Waals surface area (Å²) in [7, 11) is 0. The molecule has 3 aliphatic rings. The van der Waals surface area contributed by atoms with E-state index in [9.17, 15) is 24.6 Å². The first-order valence-electron chi connectivity index (χ1n) is 14.2. The van der Waals surface area contributed by atoms with Crippen LogP contribution < -0.4 is 16.0 Å². The number of aliphatic hydroxyl groups is 2. The van der Waals surface area contributed by atoms with E-state index in [2.05, 4.69) is 31.2 Å². The van der Waals surface area contributed by atoms with Gasteiger partial charge >= 0.3 is 0 Å². The lowest BCUT2D eigenvalue weighted by atomic mass is 10.0. The number of ether oxygens (including phenoxy) is 1. The Morgan fingerprint density at radius 2 is 1.93 bits per heavy atom. The second-order valence-corrected chi connectivity index (χ2v) is 11.0. The van der Waals surface area contributed by atoms with Crippen LogP contribution in [-0.2, 0) is 32.1 Å². The van der Waals surface area contributed by atoms with Crippen LogP contribution in [0.2, 0.25) is 0 Å². The smallest absolute Gasteiger partial charge is 0.243 e. The summed E-state index contributed by atoms with van der Waals surface area (Å²) in [6.07, 6.45) is 5.07. The highest BCUT2D eigenvalue weighted by Gasteiger charge is 2.44. The maximum absolute atomic E-state index is 13.3. The van der Waals surface area contributed by atoms with Crippen molar-refractivity contribution in [1.82, 2.24) is 40.8 Å². The van der Waals surface area contributed by atoms with Crippen molar-refractivity contribution >= 4 is 17.7 Å². The molecule has 5 rings (SSSR count). The fourth-order valence-corrected chi connectivity index (χ4v) is 5.63. The van der Waals surface area contributed by atoms with Gasteiger partial charge in [0.05, 0.1) is 31.3 Å². The predicted molar refractivity (Wildman–Crippen MR) is 144 cm³/mol. The van der Waals surface area contributed by atoms with E-state index >= 15 is 0 Å². The van der Waals surface area contributed by atoms with Gasteiger partial charge in [-0.15, -0.1) is 5.10 Å². The van der Waals surface area contributed by atoms with Crippen molar-refractivity contribution < 1.29 is 29.3 Å². The van der Waals surface area contributed by atoms with E-state index < -0.39 is 42.3 Å². The van der Waals surface area contributed by atoms with Gasteiger partial charge in [-0.25, -0.2) is 4.68 Å². The zero-order valence-corrected chi connectivity index (χ0v) is 22.9. The van der Waals surface area contributed by atoms with Gasteiger partial charge in [-0.1, -0.05) is 24.1 Å². The predicted octanol–water partition coefficient (Wildman–Crippen LogP) is -1.88. The summed E-state index contributed by atoms with van der Waals surface area (Å²) in [5.41, 5.74) is 1.42. The molecule has 2 aromatic heterocycles. The van der Waals surface area contributed by atoms with Crippen LogP contribution in [0.25, 0.3) is 0 Å². The van der Waals surface area contributed by atoms with Crippen molar-refractivity contribution in [3.05, 3.63) is 42.0 Å². The van der Waals surface area contributed by atoms with E-state index in [4.69, 9.17) is 4.74 Å². The Morgan fingerprint density at radius 3 is 2.71 bits per heavy atom. The van der Waals surface area contributed by atoms with Crippen LogP contribution in [0.15, 0.2) is 30.7 Å². The van der Waals surface area contributed by atoms with Gasteiger partial charge in [0.15, 0.2) is 0 Å². The molecule has 2 unspecified atom stereocenters. The van der Waals surface area contributed by atoms with Crippen molar-refractivity contribution in [3.8, 4) is 0 Å². The monoisotopic (exact) mass is 570 g/mol. The molecule has 0 radical (unpaired) electrons. The highest BCUT2D eigenvalue weighted by Crippen LogP contribution is 2.24. The molecule has 2 aromatic rings. The number of fused-ring (bicyclic) bond motifs is 2. The number of hydrogen-bond acceptors (Lipinski definition) is 10. The van der Waals surface area contributed by atoms with Gasteiger partial charge in [0.2, 0.25) is 17.7 Å². The second-order valence-electron chi connectivity index (χ2n) is 11.0. The lowest BCUT2D eigenvalue weighted by molar-refractivity contribution is -0.139. The van der Waals surface area contributed by atoms with Crippen molar-refractivity contribution in [1.29, 1.82) is 0 Å². The summed E-state index contributed by atoms with van der Waals surface area (Å²) in [5, 5.41) is 38.2. The van der Waals surface area contributed by atoms with E-state index in [1.807, 2.05) is 12.1 Å². The Bertz CT molecular complexity index is 1190. The number of carbonyl (C=O) groups excluding carboxylic acids is 3. The zero-order chi connectivity index (χ0) is 28.8. The van der Waals surface area contributed by atoms with Crippen LogP contribution in [0.5, 0.6) is 0 Å². The van der Waals surface area contributed by atoms with Gasteiger partial charge in [0, 0.05) is 50.7 Å². The lowest BCUT2D eigenvalue weighted by Gasteiger charge is -2.26. The van der Waals surface area contributed by atoms with E-state index in [0.29, 0.717) is 24.8 Å². The van der Waals surface area contributed by atoms with Crippen LogP contribution in [0.1, 0.15) is 43.4 Å². The molecule has 1 aliphatic carbocycles. The number of pyridine rings is 1. The molecule has 41 heavy (non-hydrogen) atoms. The number of rotatable bonds is 8. The largest absolute Gasteiger partial charge is 0.388 e. The summed E-state index contributed by atoms with van der Waals surface area (Å²) in [4.78, 5) is 45.1. The maximum Gasteiger partial charge on any atom is 0.243 e. The Kier molecular flexibility index (Phi) is 9.54. The van der Waals surface area contributed by atoms with Crippen LogP contribution in [0, 0.1) is 0 Å². The normalized spacial score (nSPS) is 28.1. The average molecular weight is 571 g/mol. The summed E-state index contributed by atoms with van der Waals surface area (Å²) >= 11 is 0. The minimum atomic E-state index is -1.29. The van der Waals surface area contributed by atoms with Gasteiger partial charge in [-0.05, 0) is 24.5 Å². The topological polar surface area (TPSA) is 184 Å². The molecule has 5 N–H and O–H groups in total. The minimum Gasteiger partial charge on any atom is -0.388 e. The molecule has 0 spiro atoms. The maximum atomic E-state index is 13.3. The lowest BCUT2D eigenvalue weighted by Crippen LogP contribution is -2.53. The highest BCUT2D eigenvalue weighted by molar-refractivity contribution is 5.90. The molecule has 0 aromatic carbocycles. The number of carbonyl (C=O) groups is 3. The van der Waals surface area contributed by atoms with Crippen molar-refractivity contribution in [3.63, 3.8) is 0 Å². The number of nitrogens with zero attached hydrogens (tertiary/aromatic N) is 5. The zero-order valence-electron chi connectivity index (χ0n) is 22.9. The van der Waals surface area contributed by atoms with Crippen LogP contribution in [-0.4, -0.2) is 115 Å². The number of aliphatic hydroxyl groups excluding tert-OH is 2. The number of hydrogen-bond donors (Lipinski definition) is 5. The third-order valence-corrected chi connectivity index (χ3v) is 7.89. The Morgan fingerprint density at radius 1 is 1.12 bits per heavy atom. The molecule has 14 nitrogen and oxygen atoms in total. The molecule has 5 atom stereocenters. The van der Waals surface area contributed by atoms with E-state index in [1.165, 1.54) is 17.7 Å². The standard InChI is InChI=1S/C27H38N8O6/c36-23-16-34(9-8-29-18-5-1-2-6-18)24(37)11-21-25(38)26(39)22(41-21)13-30-27(40)20(31-23)10-19-15-35(33-32-19)14-17-4-3-7-28-12-17/h3-4,7,12,15,18,20-22,25-26,29,38-39H,1-2,5-6,8-11,13-14,16H2,(H,30,40)(H,31,36)/t20-,21+,22-,25?,26?/m1/s1. The quantitative estimate of drug-likeness (QED) is 0.241. The molecule has 3 amide bonds. The first-order valence-corrected chi connectivity index (χ1v) is 14.2. The second kappa shape index (κ2) is 13.5. The summed E-state index contributed by atoms with van der Waals surface area (Å²) < 4.78 is 7.40. The van der Waals surface area contributed by atoms with Crippen molar-refractivity contribution in [2.75, 3.05) is 26.2 Å². The number of amides is 3. The number of aromatic nitrogens is 4. The van der Waals surface area contributed by atoms with E-state index in [0.717, 1.165) is 18.4 Å². The minimum absolute atomic E-state index is 0.0567. The van der Waals surface area contributed by atoms with Crippen molar-refractivity contribution in [2.45, 2.75) is 81.6 Å². The Labute approximate surface area is 237 Å². The van der Waals surface area contributed by atoms with E-state index in [-0.39, 0.29) is 38.4 Å². The molecule has 1 saturated carbocycles. The first-order chi connectivity index (χ1) is 19.9. The molecule has 4 heterocycles. The van der Waals surface area contributed by atoms with Gasteiger partial charge in [0.1, 0.15) is 24.4 Å². The fraction of sp³-hybridized carbons (Fsp3) is 0.630. The van der Waals surface area contributed by atoms with Crippen LogP contribution in [0.4, 0.5) is 0 Å². The Balaban J connectivity index is 1.29. The van der Waals surface area contributed by atoms with Crippen LogP contribution >= 0.6 is 0 Å². The van der Waals surface area contributed by atoms with Crippen molar-refractivity contribution in [2.24, 2.45) is 0 Å². The Hall–Kier alpha value is -3.46. The molecular formula is C27H38N8O6. The number of nitrogens with one attached hydrogen (secondary N) is 3. The van der Waals surface area contributed by atoms with Gasteiger partial charge in [-0.2, -0.15) is 0 Å².